The normalized spacial score (nSPS) is 18.3. The van der Waals surface area contributed by atoms with E-state index in [1.165, 1.54) is 12.8 Å². The minimum absolute atomic E-state index is 0.0181. The fourth-order valence-corrected chi connectivity index (χ4v) is 4.68. The number of nitrogens with zero attached hydrogens (tertiary/aromatic N) is 3. The van der Waals surface area contributed by atoms with E-state index in [1.54, 1.807) is 16.0 Å². The highest BCUT2D eigenvalue weighted by Crippen LogP contribution is 2.30. The topological polar surface area (TPSA) is 50.2 Å². The Hall–Kier alpha value is -2.44. The second kappa shape index (κ2) is 7.53. The average Bonchev–Trinajstić information content (AvgIpc) is 3.26. The molecule has 3 heterocycles. The van der Waals surface area contributed by atoms with Gasteiger partial charge >= 0.3 is 0 Å². The van der Waals surface area contributed by atoms with Gasteiger partial charge in [0.2, 0.25) is 0 Å². The number of benzene rings is 1. The van der Waals surface area contributed by atoms with Gasteiger partial charge in [-0.05, 0) is 49.3 Å². The fourth-order valence-electron chi connectivity index (χ4n) is 3.96. The monoisotopic (exact) mass is 392 g/mol. The first kappa shape index (κ1) is 17.6. The molecule has 144 valence electrons. The van der Waals surface area contributed by atoms with Crippen LogP contribution in [0.15, 0.2) is 54.0 Å². The first-order chi connectivity index (χ1) is 13.8. The predicted octanol–water partition coefficient (Wildman–Crippen LogP) is 3.96. The van der Waals surface area contributed by atoms with E-state index in [0.29, 0.717) is 5.56 Å². The van der Waals surface area contributed by atoms with Crippen molar-refractivity contribution < 1.29 is 4.79 Å². The van der Waals surface area contributed by atoms with E-state index >= 15 is 0 Å². The number of likely N-dealkylation sites (tertiary alicyclic amines) is 1. The Morgan fingerprint density at radius 3 is 2.50 bits per heavy atom. The molecule has 1 saturated carbocycles. The number of para-hydroxylation sites is 1. The molecular weight excluding hydrogens is 368 g/mol. The van der Waals surface area contributed by atoms with Gasteiger partial charge in [-0.15, -0.1) is 11.3 Å². The Balaban J connectivity index is 1.37. The van der Waals surface area contributed by atoms with Crippen LogP contribution in [0.3, 0.4) is 0 Å². The Kier molecular flexibility index (Phi) is 4.74. The van der Waals surface area contributed by atoms with Crippen LogP contribution in [0.5, 0.6) is 0 Å². The molecule has 0 radical (unpaired) electrons. The van der Waals surface area contributed by atoms with E-state index in [2.05, 4.69) is 10.2 Å². The third-order valence-electron chi connectivity index (χ3n) is 5.66. The molecule has 0 unspecified atom stereocenters. The van der Waals surface area contributed by atoms with E-state index in [1.807, 2.05) is 54.0 Å². The van der Waals surface area contributed by atoms with Gasteiger partial charge in [-0.3, -0.25) is 4.79 Å². The van der Waals surface area contributed by atoms with Crippen LogP contribution in [-0.2, 0) is 0 Å². The summed E-state index contributed by atoms with van der Waals surface area (Å²) >= 11 is 1.61. The maximum absolute atomic E-state index is 13.1. The van der Waals surface area contributed by atoms with Gasteiger partial charge in [-0.1, -0.05) is 24.3 Å². The van der Waals surface area contributed by atoms with E-state index < -0.39 is 0 Å². The molecule has 0 bridgehead atoms. The Labute approximate surface area is 169 Å². The fraction of sp³-hybridized carbons (Fsp3) is 0.364. The van der Waals surface area contributed by atoms with E-state index in [0.717, 1.165) is 48.2 Å². The highest BCUT2D eigenvalue weighted by molar-refractivity contribution is 7.13. The summed E-state index contributed by atoms with van der Waals surface area (Å²) in [6, 6.07) is 15.0. The van der Waals surface area contributed by atoms with Gasteiger partial charge in [0.1, 0.15) is 5.69 Å². The summed E-state index contributed by atoms with van der Waals surface area (Å²) in [6.45, 7) is 2.19. The molecule has 1 aliphatic carbocycles. The molecule has 0 atom stereocenters. The summed E-state index contributed by atoms with van der Waals surface area (Å²) in [5, 5.41) is 10.0. The van der Waals surface area contributed by atoms with Crippen molar-refractivity contribution in [3.8, 4) is 16.3 Å². The lowest BCUT2D eigenvalue weighted by atomic mass is 10.0. The third kappa shape index (κ3) is 3.62. The van der Waals surface area contributed by atoms with Gasteiger partial charge in [-0.2, -0.15) is 5.10 Å². The van der Waals surface area contributed by atoms with Crippen LogP contribution in [0.2, 0.25) is 0 Å². The van der Waals surface area contributed by atoms with Gasteiger partial charge in [-0.25, -0.2) is 4.68 Å². The average molecular weight is 393 g/mol. The quantitative estimate of drug-likeness (QED) is 0.715. The maximum atomic E-state index is 13.1. The van der Waals surface area contributed by atoms with Crippen molar-refractivity contribution in [1.82, 2.24) is 20.0 Å². The summed E-state index contributed by atoms with van der Waals surface area (Å²) in [5.74, 6) is -0.0181. The minimum Gasteiger partial charge on any atom is -0.349 e. The van der Waals surface area contributed by atoms with Crippen molar-refractivity contribution in [3.05, 3.63) is 59.6 Å². The second-order valence-electron chi connectivity index (χ2n) is 7.66. The zero-order valence-corrected chi connectivity index (χ0v) is 16.6. The highest BCUT2D eigenvalue weighted by atomic mass is 32.1. The van der Waals surface area contributed by atoms with Crippen molar-refractivity contribution in [2.24, 2.45) is 0 Å². The lowest BCUT2D eigenvalue weighted by molar-refractivity contribution is 0.0910. The van der Waals surface area contributed by atoms with Crippen molar-refractivity contribution in [2.75, 3.05) is 13.1 Å². The largest absolute Gasteiger partial charge is 0.349 e. The summed E-state index contributed by atoms with van der Waals surface area (Å²) in [4.78, 5) is 16.7. The van der Waals surface area contributed by atoms with Crippen LogP contribution >= 0.6 is 11.3 Å². The molecule has 1 aliphatic heterocycles. The molecule has 1 aromatic carbocycles. The lowest BCUT2D eigenvalue weighted by Gasteiger charge is -2.32. The van der Waals surface area contributed by atoms with Gasteiger partial charge in [0.25, 0.3) is 5.91 Å². The van der Waals surface area contributed by atoms with Crippen molar-refractivity contribution in [2.45, 2.75) is 37.8 Å². The van der Waals surface area contributed by atoms with Crippen molar-refractivity contribution >= 4 is 17.2 Å². The number of piperidine rings is 1. The van der Waals surface area contributed by atoms with Crippen LogP contribution in [0.4, 0.5) is 0 Å². The second-order valence-corrected chi connectivity index (χ2v) is 8.61. The van der Waals surface area contributed by atoms with Crippen LogP contribution in [0.25, 0.3) is 16.3 Å². The standard InChI is InChI=1S/C22H24N4OS/c27-22(23-16-10-12-25(13-11-16)17-8-9-17)19-15-26(18-5-2-1-3-6-18)24-21(19)20-7-4-14-28-20/h1-7,14-17H,8-13H2,(H,23,27). The first-order valence-electron chi connectivity index (χ1n) is 10.0. The van der Waals surface area contributed by atoms with Gasteiger partial charge in [0.15, 0.2) is 0 Å². The first-order valence-corrected chi connectivity index (χ1v) is 10.9. The van der Waals surface area contributed by atoms with Gasteiger partial charge in [0.05, 0.1) is 16.1 Å². The Morgan fingerprint density at radius 1 is 1.04 bits per heavy atom. The number of hydrogen-bond acceptors (Lipinski definition) is 4. The molecule has 6 heteroatoms. The van der Waals surface area contributed by atoms with Crippen LogP contribution < -0.4 is 5.32 Å². The zero-order valence-electron chi connectivity index (χ0n) is 15.8. The number of hydrogen-bond donors (Lipinski definition) is 1. The molecule has 3 aromatic rings. The Morgan fingerprint density at radius 2 is 1.82 bits per heavy atom. The molecule has 2 aliphatic rings. The number of carbonyl (C=O) groups is 1. The smallest absolute Gasteiger partial charge is 0.255 e. The van der Waals surface area contributed by atoms with E-state index in [9.17, 15) is 4.79 Å². The van der Waals surface area contributed by atoms with Crippen LogP contribution in [-0.4, -0.2) is 45.8 Å². The SMILES string of the molecule is O=C(NC1CCN(C2CC2)CC1)c1cn(-c2ccccc2)nc1-c1cccs1. The lowest BCUT2D eigenvalue weighted by Crippen LogP contribution is -2.45. The maximum Gasteiger partial charge on any atom is 0.255 e. The minimum atomic E-state index is -0.0181. The van der Waals surface area contributed by atoms with Gasteiger partial charge < -0.3 is 10.2 Å². The summed E-state index contributed by atoms with van der Waals surface area (Å²) < 4.78 is 1.81. The number of thiophene rings is 1. The Bertz CT molecular complexity index is 938. The summed E-state index contributed by atoms with van der Waals surface area (Å²) in [5.41, 5.74) is 2.36. The zero-order chi connectivity index (χ0) is 18.9. The molecule has 2 fully saturated rings. The third-order valence-corrected chi connectivity index (χ3v) is 6.54. The van der Waals surface area contributed by atoms with Crippen molar-refractivity contribution in [3.63, 3.8) is 0 Å². The molecule has 0 spiro atoms. The molecule has 1 amide bonds. The van der Waals surface area contributed by atoms with Crippen LogP contribution in [0, 0.1) is 0 Å². The highest BCUT2D eigenvalue weighted by Gasteiger charge is 2.32. The molecule has 5 rings (SSSR count). The predicted molar refractivity (Wildman–Crippen MR) is 112 cm³/mol. The molecule has 5 nitrogen and oxygen atoms in total. The van der Waals surface area contributed by atoms with Gasteiger partial charge in [0, 0.05) is 31.4 Å². The number of carbonyl (C=O) groups excluding carboxylic acids is 1. The van der Waals surface area contributed by atoms with E-state index in [-0.39, 0.29) is 11.9 Å². The summed E-state index contributed by atoms with van der Waals surface area (Å²) in [7, 11) is 0. The summed E-state index contributed by atoms with van der Waals surface area (Å²) in [6.07, 6.45) is 6.62. The number of amides is 1. The number of aromatic nitrogens is 2. The van der Waals surface area contributed by atoms with Crippen molar-refractivity contribution in [1.29, 1.82) is 0 Å². The number of rotatable bonds is 5. The molecule has 28 heavy (non-hydrogen) atoms. The molecule has 1 N–H and O–H groups in total. The molecule has 2 aromatic heterocycles. The number of nitrogens with one attached hydrogen (secondary N) is 1. The molecular formula is C22H24N4OS. The molecule has 1 saturated heterocycles. The van der Waals surface area contributed by atoms with Crippen LogP contribution in [0.1, 0.15) is 36.0 Å². The van der Waals surface area contributed by atoms with E-state index in [4.69, 9.17) is 5.10 Å².